The van der Waals surface area contributed by atoms with Crippen LogP contribution in [0.1, 0.15) is 41.4 Å². The molecule has 1 aliphatic heterocycles. The normalized spacial score (nSPS) is 19.5. The molecule has 1 aliphatic carbocycles. The van der Waals surface area contributed by atoms with E-state index in [2.05, 4.69) is 22.1 Å². The fraction of sp³-hybridized carbons (Fsp3) is 0.474. The van der Waals surface area contributed by atoms with Crippen molar-refractivity contribution in [3.63, 3.8) is 0 Å². The fourth-order valence-electron chi connectivity index (χ4n) is 3.98. The van der Waals surface area contributed by atoms with Crippen molar-refractivity contribution >= 4 is 5.97 Å². The molecule has 6 heteroatoms. The van der Waals surface area contributed by atoms with Crippen LogP contribution in [0.4, 0.5) is 0 Å². The quantitative estimate of drug-likeness (QED) is 0.872. The Bertz CT molecular complexity index is 799. The van der Waals surface area contributed by atoms with Gasteiger partial charge in [0.25, 0.3) is 0 Å². The maximum Gasteiger partial charge on any atom is 0.321 e. The first kappa shape index (κ1) is 16.1. The molecule has 25 heavy (non-hydrogen) atoms. The molecular formula is C19H23N3O3. The van der Waals surface area contributed by atoms with Gasteiger partial charge in [-0.25, -0.2) is 4.98 Å². The van der Waals surface area contributed by atoms with Gasteiger partial charge >= 0.3 is 5.97 Å². The van der Waals surface area contributed by atoms with Crippen LogP contribution in [0.25, 0.3) is 0 Å². The van der Waals surface area contributed by atoms with Crippen molar-refractivity contribution in [3.05, 3.63) is 46.5 Å². The van der Waals surface area contributed by atoms with Gasteiger partial charge in [0.15, 0.2) is 0 Å². The monoisotopic (exact) mass is 341 g/mol. The fourth-order valence-corrected chi connectivity index (χ4v) is 3.98. The summed E-state index contributed by atoms with van der Waals surface area (Å²) < 4.78 is 5.86. The Hall–Kier alpha value is -2.34. The van der Waals surface area contributed by atoms with Gasteiger partial charge in [0, 0.05) is 25.1 Å². The SMILES string of the molecule is CCOc1cc2c(cc1CN1Cc3[nH]cnc3CC1C(=O)O)CCC2. The molecule has 0 bridgehead atoms. The average molecular weight is 341 g/mol. The number of imidazole rings is 1. The summed E-state index contributed by atoms with van der Waals surface area (Å²) in [6, 6.07) is 3.82. The maximum atomic E-state index is 11.8. The molecule has 1 atom stereocenters. The van der Waals surface area contributed by atoms with Crippen LogP contribution in [0.2, 0.25) is 0 Å². The van der Waals surface area contributed by atoms with Gasteiger partial charge in [0.05, 0.1) is 24.3 Å². The molecule has 0 saturated heterocycles. The van der Waals surface area contributed by atoms with Crippen LogP contribution in [0.15, 0.2) is 18.5 Å². The minimum Gasteiger partial charge on any atom is -0.494 e. The van der Waals surface area contributed by atoms with Gasteiger partial charge in [-0.3, -0.25) is 9.69 Å². The van der Waals surface area contributed by atoms with Gasteiger partial charge in [-0.2, -0.15) is 0 Å². The Morgan fingerprint density at radius 2 is 2.20 bits per heavy atom. The zero-order valence-electron chi connectivity index (χ0n) is 14.4. The van der Waals surface area contributed by atoms with E-state index in [-0.39, 0.29) is 0 Å². The molecule has 0 saturated carbocycles. The molecule has 132 valence electrons. The van der Waals surface area contributed by atoms with Gasteiger partial charge in [-0.05, 0) is 43.4 Å². The first-order chi connectivity index (χ1) is 12.2. The number of carboxylic acids is 1. The van der Waals surface area contributed by atoms with E-state index in [1.807, 2.05) is 11.8 Å². The lowest BCUT2D eigenvalue weighted by molar-refractivity contribution is -0.144. The molecule has 2 aromatic rings. The van der Waals surface area contributed by atoms with Crippen molar-refractivity contribution in [3.8, 4) is 5.75 Å². The van der Waals surface area contributed by atoms with Gasteiger partial charge in [-0.1, -0.05) is 6.07 Å². The molecule has 0 radical (unpaired) electrons. The summed E-state index contributed by atoms with van der Waals surface area (Å²) in [5.41, 5.74) is 5.71. The highest BCUT2D eigenvalue weighted by molar-refractivity contribution is 5.74. The van der Waals surface area contributed by atoms with E-state index >= 15 is 0 Å². The first-order valence-electron chi connectivity index (χ1n) is 8.91. The number of benzene rings is 1. The van der Waals surface area contributed by atoms with Gasteiger partial charge < -0.3 is 14.8 Å². The zero-order valence-corrected chi connectivity index (χ0v) is 14.4. The summed E-state index contributed by atoms with van der Waals surface area (Å²) in [7, 11) is 0. The smallest absolute Gasteiger partial charge is 0.321 e. The molecule has 2 N–H and O–H groups in total. The van der Waals surface area contributed by atoms with Crippen LogP contribution < -0.4 is 4.74 Å². The van der Waals surface area contributed by atoms with Crippen molar-refractivity contribution < 1.29 is 14.6 Å². The second-order valence-corrected chi connectivity index (χ2v) is 6.81. The highest BCUT2D eigenvalue weighted by Gasteiger charge is 2.33. The number of nitrogens with zero attached hydrogens (tertiary/aromatic N) is 2. The number of aryl methyl sites for hydroxylation is 2. The van der Waals surface area contributed by atoms with Crippen molar-refractivity contribution in [2.45, 2.75) is 51.7 Å². The zero-order chi connectivity index (χ0) is 17.4. The van der Waals surface area contributed by atoms with Crippen molar-refractivity contribution in [2.75, 3.05) is 6.61 Å². The number of aromatic amines is 1. The standard InChI is InChI=1S/C19H23N3O3/c1-2-25-18-7-13-5-3-4-12(13)6-14(18)9-22-10-16-15(20-11-21-16)8-17(22)19(23)24/h6-7,11,17H,2-5,8-10H2,1H3,(H,20,21)(H,23,24). The van der Waals surface area contributed by atoms with E-state index in [1.165, 1.54) is 17.5 Å². The maximum absolute atomic E-state index is 11.8. The number of nitrogens with one attached hydrogen (secondary N) is 1. The molecule has 2 aliphatic rings. The number of aromatic nitrogens is 2. The second-order valence-electron chi connectivity index (χ2n) is 6.81. The summed E-state index contributed by atoms with van der Waals surface area (Å²) in [5, 5.41) is 9.67. The average Bonchev–Trinajstić information content (AvgIpc) is 3.22. The predicted molar refractivity (Wildman–Crippen MR) is 92.6 cm³/mol. The Kier molecular flexibility index (Phi) is 4.21. The Balaban J connectivity index is 1.65. The van der Waals surface area contributed by atoms with Crippen LogP contribution in [0.5, 0.6) is 5.75 Å². The number of carboxylic acid groups (broad SMARTS) is 1. The molecule has 2 heterocycles. The van der Waals surface area contributed by atoms with E-state index < -0.39 is 12.0 Å². The molecule has 0 amide bonds. The number of H-pyrrole nitrogens is 1. The lowest BCUT2D eigenvalue weighted by Gasteiger charge is -2.32. The third kappa shape index (κ3) is 3.02. The number of rotatable bonds is 5. The summed E-state index contributed by atoms with van der Waals surface area (Å²) in [6.07, 6.45) is 5.47. The lowest BCUT2D eigenvalue weighted by atomic mass is 10.00. The van der Waals surface area contributed by atoms with E-state index in [0.29, 0.717) is 26.1 Å². The molecule has 1 aromatic carbocycles. The molecule has 1 aromatic heterocycles. The Morgan fingerprint density at radius 1 is 1.40 bits per heavy atom. The second kappa shape index (κ2) is 6.52. The number of hydrogen-bond acceptors (Lipinski definition) is 4. The minimum absolute atomic E-state index is 0.434. The van der Waals surface area contributed by atoms with E-state index in [9.17, 15) is 9.90 Å². The van der Waals surface area contributed by atoms with Gasteiger partial charge in [0.1, 0.15) is 11.8 Å². The number of hydrogen-bond donors (Lipinski definition) is 2. The molecule has 1 unspecified atom stereocenters. The summed E-state index contributed by atoms with van der Waals surface area (Å²) >= 11 is 0. The molecular weight excluding hydrogens is 318 g/mol. The van der Waals surface area contributed by atoms with Crippen LogP contribution in [-0.2, 0) is 37.1 Å². The minimum atomic E-state index is -0.798. The third-order valence-corrected chi connectivity index (χ3v) is 5.23. The van der Waals surface area contributed by atoms with E-state index in [1.54, 1.807) is 6.33 Å². The molecule has 4 rings (SSSR count). The highest BCUT2D eigenvalue weighted by atomic mass is 16.5. The van der Waals surface area contributed by atoms with Gasteiger partial charge in [-0.15, -0.1) is 0 Å². The number of carbonyl (C=O) groups is 1. The summed E-state index contributed by atoms with van der Waals surface area (Å²) in [5.74, 6) is 0.0930. The molecule has 0 fully saturated rings. The van der Waals surface area contributed by atoms with Crippen molar-refractivity contribution in [1.29, 1.82) is 0 Å². The van der Waals surface area contributed by atoms with Crippen LogP contribution in [-0.4, -0.2) is 38.6 Å². The molecule has 6 nitrogen and oxygen atoms in total. The third-order valence-electron chi connectivity index (χ3n) is 5.23. The van der Waals surface area contributed by atoms with E-state index in [0.717, 1.165) is 35.5 Å². The number of ether oxygens (including phenoxy) is 1. The van der Waals surface area contributed by atoms with Crippen LogP contribution in [0.3, 0.4) is 0 Å². The summed E-state index contributed by atoms with van der Waals surface area (Å²) in [4.78, 5) is 21.2. The van der Waals surface area contributed by atoms with Crippen LogP contribution in [0, 0.1) is 0 Å². The van der Waals surface area contributed by atoms with E-state index in [4.69, 9.17) is 4.74 Å². The van der Waals surface area contributed by atoms with Crippen molar-refractivity contribution in [2.24, 2.45) is 0 Å². The largest absolute Gasteiger partial charge is 0.494 e. The Morgan fingerprint density at radius 3 is 2.96 bits per heavy atom. The van der Waals surface area contributed by atoms with Crippen molar-refractivity contribution in [1.82, 2.24) is 14.9 Å². The van der Waals surface area contributed by atoms with Gasteiger partial charge in [0.2, 0.25) is 0 Å². The highest BCUT2D eigenvalue weighted by Crippen LogP contribution is 2.32. The number of fused-ring (bicyclic) bond motifs is 2. The predicted octanol–water partition coefficient (Wildman–Crippen LogP) is 2.31. The van der Waals surface area contributed by atoms with Crippen LogP contribution >= 0.6 is 0 Å². The Labute approximate surface area is 146 Å². The molecule has 0 spiro atoms. The number of aliphatic carboxylic acids is 1. The first-order valence-corrected chi connectivity index (χ1v) is 8.91. The summed E-state index contributed by atoms with van der Waals surface area (Å²) in [6.45, 7) is 3.72. The topological polar surface area (TPSA) is 78.5 Å². The lowest BCUT2D eigenvalue weighted by Crippen LogP contribution is -2.45.